The van der Waals surface area contributed by atoms with Crippen LogP contribution in [0.15, 0.2) is 0 Å². The predicted octanol–water partition coefficient (Wildman–Crippen LogP) is 1.89. The zero-order valence-electron chi connectivity index (χ0n) is 10.2. The summed E-state index contributed by atoms with van der Waals surface area (Å²) >= 11 is 0. The molecule has 16 heavy (non-hydrogen) atoms. The van der Waals surface area contributed by atoms with Gasteiger partial charge in [0, 0.05) is 25.5 Å². The molecule has 2 unspecified atom stereocenters. The molecule has 92 valence electrons. The number of hydrogen-bond donors (Lipinski definition) is 1. The van der Waals surface area contributed by atoms with E-state index >= 15 is 0 Å². The summed E-state index contributed by atoms with van der Waals surface area (Å²) in [5.41, 5.74) is 6.50. The van der Waals surface area contributed by atoms with Gasteiger partial charge in [0.25, 0.3) is 0 Å². The van der Waals surface area contributed by atoms with Crippen molar-refractivity contribution in [3.05, 3.63) is 0 Å². The minimum absolute atomic E-state index is 0.0480. The fourth-order valence-electron chi connectivity index (χ4n) is 3.53. The third-order valence-corrected chi connectivity index (χ3v) is 4.51. The van der Waals surface area contributed by atoms with Crippen LogP contribution in [0.5, 0.6) is 0 Å². The maximum atomic E-state index is 11.9. The van der Waals surface area contributed by atoms with Crippen molar-refractivity contribution in [3.63, 3.8) is 0 Å². The topological polar surface area (TPSA) is 52.3 Å². The van der Waals surface area contributed by atoms with Gasteiger partial charge in [0.15, 0.2) is 0 Å². The van der Waals surface area contributed by atoms with Gasteiger partial charge >= 0.3 is 0 Å². The zero-order valence-corrected chi connectivity index (χ0v) is 10.2. The van der Waals surface area contributed by atoms with Crippen LogP contribution in [0.4, 0.5) is 0 Å². The Morgan fingerprint density at radius 1 is 1.44 bits per heavy atom. The molecule has 0 radical (unpaired) electrons. The Morgan fingerprint density at radius 3 is 2.75 bits per heavy atom. The van der Waals surface area contributed by atoms with Crippen LogP contribution in [-0.4, -0.2) is 25.5 Å². The van der Waals surface area contributed by atoms with Gasteiger partial charge in [-0.2, -0.15) is 0 Å². The fraction of sp³-hybridized carbons (Fsp3) is 0.923. The summed E-state index contributed by atoms with van der Waals surface area (Å²) in [6.45, 7) is 0.506. The highest BCUT2D eigenvalue weighted by molar-refractivity contribution is 5.82. The lowest BCUT2D eigenvalue weighted by atomic mass is 9.66. The molecule has 0 aromatic rings. The first kappa shape index (κ1) is 12.1. The molecule has 2 N–H and O–H groups in total. The highest BCUT2D eigenvalue weighted by Gasteiger charge is 2.43. The van der Waals surface area contributed by atoms with E-state index < -0.39 is 0 Å². The minimum Gasteiger partial charge on any atom is -0.383 e. The van der Waals surface area contributed by atoms with Crippen LogP contribution < -0.4 is 5.73 Å². The standard InChI is InChI=1S/C13H23NO2/c1-16-9-11(14)10-8-13(5-2-3-6-13)7-4-12(10)15/h10-11H,2-9,14H2,1H3. The van der Waals surface area contributed by atoms with E-state index in [1.54, 1.807) is 7.11 Å². The van der Waals surface area contributed by atoms with Gasteiger partial charge in [-0.25, -0.2) is 0 Å². The average Bonchev–Trinajstić information content (AvgIpc) is 2.71. The number of carbonyl (C=O) groups excluding carboxylic acids is 1. The first-order chi connectivity index (χ1) is 7.67. The zero-order chi connectivity index (χ0) is 11.6. The van der Waals surface area contributed by atoms with Crippen molar-refractivity contribution in [2.24, 2.45) is 17.1 Å². The summed E-state index contributed by atoms with van der Waals surface area (Å²) in [6.07, 6.45) is 8.12. The number of ketones is 1. The Labute approximate surface area is 97.7 Å². The Balaban J connectivity index is 2.02. The lowest BCUT2D eigenvalue weighted by Crippen LogP contribution is -2.44. The Morgan fingerprint density at radius 2 is 2.12 bits per heavy atom. The number of ether oxygens (including phenoxy) is 1. The van der Waals surface area contributed by atoms with Gasteiger partial charge in [0.05, 0.1) is 6.61 Å². The SMILES string of the molecule is COCC(N)C1CC2(CCCC2)CCC1=O. The van der Waals surface area contributed by atoms with E-state index in [2.05, 4.69) is 0 Å². The van der Waals surface area contributed by atoms with Crippen molar-refractivity contribution in [2.45, 2.75) is 51.0 Å². The number of carbonyl (C=O) groups is 1. The summed E-state index contributed by atoms with van der Waals surface area (Å²) in [7, 11) is 1.65. The molecular weight excluding hydrogens is 202 g/mol. The highest BCUT2D eigenvalue weighted by Crippen LogP contribution is 2.50. The van der Waals surface area contributed by atoms with Crippen molar-refractivity contribution >= 4 is 5.78 Å². The third-order valence-electron chi connectivity index (χ3n) is 4.51. The van der Waals surface area contributed by atoms with Crippen molar-refractivity contribution in [1.29, 1.82) is 0 Å². The molecule has 2 aliphatic rings. The molecule has 2 saturated carbocycles. The molecule has 2 rings (SSSR count). The summed E-state index contributed by atoms with van der Waals surface area (Å²) in [5, 5.41) is 0. The van der Waals surface area contributed by atoms with Gasteiger partial charge in [0.2, 0.25) is 0 Å². The predicted molar refractivity (Wildman–Crippen MR) is 63.1 cm³/mol. The fourth-order valence-corrected chi connectivity index (χ4v) is 3.53. The second kappa shape index (κ2) is 4.84. The Hall–Kier alpha value is -0.410. The lowest BCUT2D eigenvalue weighted by molar-refractivity contribution is -0.128. The van der Waals surface area contributed by atoms with Gasteiger partial charge in [-0.3, -0.25) is 4.79 Å². The van der Waals surface area contributed by atoms with Crippen molar-refractivity contribution in [2.75, 3.05) is 13.7 Å². The van der Waals surface area contributed by atoms with E-state index in [4.69, 9.17) is 10.5 Å². The van der Waals surface area contributed by atoms with Crippen LogP contribution in [0, 0.1) is 11.3 Å². The lowest BCUT2D eigenvalue weighted by Gasteiger charge is -2.39. The van der Waals surface area contributed by atoms with Gasteiger partial charge in [-0.05, 0) is 31.1 Å². The number of Topliss-reactive ketones (excluding diaryl/α,β-unsaturated/α-hetero) is 1. The summed E-state index contributed by atoms with van der Waals surface area (Å²) < 4.78 is 5.08. The number of rotatable bonds is 3. The van der Waals surface area contributed by atoms with Crippen molar-refractivity contribution < 1.29 is 9.53 Å². The van der Waals surface area contributed by atoms with E-state index in [0.717, 1.165) is 19.3 Å². The molecular formula is C13H23NO2. The minimum atomic E-state index is -0.102. The molecule has 0 heterocycles. The monoisotopic (exact) mass is 225 g/mol. The first-order valence-corrected chi connectivity index (χ1v) is 6.44. The smallest absolute Gasteiger partial charge is 0.137 e. The van der Waals surface area contributed by atoms with Crippen LogP contribution in [0.2, 0.25) is 0 Å². The maximum absolute atomic E-state index is 11.9. The summed E-state index contributed by atoms with van der Waals surface area (Å²) in [5.74, 6) is 0.411. The molecule has 1 spiro atoms. The normalized spacial score (nSPS) is 30.9. The number of hydrogen-bond acceptors (Lipinski definition) is 3. The van der Waals surface area contributed by atoms with Crippen LogP contribution in [0.1, 0.15) is 44.9 Å². The Kier molecular flexibility index (Phi) is 3.65. The molecule has 0 aromatic carbocycles. The van der Waals surface area contributed by atoms with Gasteiger partial charge in [-0.1, -0.05) is 12.8 Å². The molecule has 0 amide bonds. The molecule has 2 atom stereocenters. The van der Waals surface area contributed by atoms with Gasteiger partial charge in [0.1, 0.15) is 5.78 Å². The Bertz CT molecular complexity index is 259. The van der Waals surface area contributed by atoms with Crippen molar-refractivity contribution in [3.8, 4) is 0 Å². The van der Waals surface area contributed by atoms with E-state index in [0.29, 0.717) is 17.8 Å². The molecule has 0 saturated heterocycles. The van der Waals surface area contributed by atoms with Gasteiger partial charge < -0.3 is 10.5 Å². The third kappa shape index (κ3) is 2.30. The molecule has 0 aromatic heterocycles. The molecule has 0 bridgehead atoms. The molecule has 3 nitrogen and oxygen atoms in total. The molecule has 0 aliphatic heterocycles. The summed E-state index contributed by atoms with van der Waals surface area (Å²) in [6, 6.07) is -0.102. The molecule has 3 heteroatoms. The molecule has 2 fully saturated rings. The van der Waals surface area contributed by atoms with Crippen molar-refractivity contribution in [1.82, 2.24) is 0 Å². The second-order valence-electron chi connectivity index (χ2n) is 5.60. The van der Waals surface area contributed by atoms with Crippen LogP contribution in [0.25, 0.3) is 0 Å². The highest BCUT2D eigenvalue weighted by atomic mass is 16.5. The number of methoxy groups -OCH3 is 1. The van der Waals surface area contributed by atoms with Crippen LogP contribution >= 0.6 is 0 Å². The average molecular weight is 225 g/mol. The largest absolute Gasteiger partial charge is 0.383 e. The summed E-state index contributed by atoms with van der Waals surface area (Å²) in [4.78, 5) is 11.9. The maximum Gasteiger partial charge on any atom is 0.137 e. The van der Waals surface area contributed by atoms with Crippen LogP contribution in [0.3, 0.4) is 0 Å². The van der Waals surface area contributed by atoms with Crippen LogP contribution in [-0.2, 0) is 9.53 Å². The van der Waals surface area contributed by atoms with E-state index in [1.165, 1.54) is 25.7 Å². The second-order valence-corrected chi connectivity index (χ2v) is 5.60. The molecule has 2 aliphatic carbocycles. The van der Waals surface area contributed by atoms with E-state index in [-0.39, 0.29) is 12.0 Å². The quantitative estimate of drug-likeness (QED) is 0.798. The van der Waals surface area contributed by atoms with E-state index in [1.807, 2.05) is 0 Å². The van der Waals surface area contributed by atoms with E-state index in [9.17, 15) is 4.79 Å². The van der Waals surface area contributed by atoms with Gasteiger partial charge in [-0.15, -0.1) is 0 Å². The first-order valence-electron chi connectivity index (χ1n) is 6.44. The number of nitrogens with two attached hydrogens (primary N) is 1.